The molecule has 0 saturated carbocycles. The highest BCUT2D eigenvalue weighted by molar-refractivity contribution is 7.15. The number of aryl methyl sites for hydroxylation is 5. The van der Waals surface area contributed by atoms with Crippen LogP contribution in [0.2, 0.25) is 0 Å². The molecule has 0 bridgehead atoms. The topological polar surface area (TPSA) is 234 Å². The molecule has 0 aliphatic rings. The molecule has 0 aliphatic heterocycles. The van der Waals surface area contributed by atoms with Gasteiger partial charge >= 0.3 is 22.5 Å². The summed E-state index contributed by atoms with van der Waals surface area (Å²) in [4.78, 5) is 49.1. The Morgan fingerprint density at radius 2 is 1.54 bits per heavy atom. The van der Waals surface area contributed by atoms with Gasteiger partial charge in [-0.15, -0.1) is 0 Å². The molecule has 0 aliphatic carbocycles. The van der Waals surface area contributed by atoms with Crippen molar-refractivity contribution in [2.24, 2.45) is 14.1 Å². The summed E-state index contributed by atoms with van der Waals surface area (Å²) in [5.41, 5.74) is 0.507. The maximum absolute atomic E-state index is 10.2. The van der Waals surface area contributed by atoms with Gasteiger partial charge in [-0.2, -0.15) is 0 Å². The number of rotatable bonds is 4. The molecule has 37 heavy (non-hydrogen) atoms. The SMILES string of the molecule is Cc1ccc([N+](=O)[O-])o1.Cc1nc(C)c([N+](=O)[O-])s1.Cn1cnc([N+](=O)[O-])c1.Cn1cncc1[N+](=O)[O-]. The van der Waals surface area contributed by atoms with Crippen LogP contribution < -0.4 is 0 Å². The number of nitrogens with zero attached hydrogens (tertiary/aromatic N) is 9. The summed E-state index contributed by atoms with van der Waals surface area (Å²) < 4.78 is 7.52. The Bertz CT molecular complexity index is 1320. The van der Waals surface area contributed by atoms with Crippen molar-refractivity contribution in [2.45, 2.75) is 20.8 Å². The van der Waals surface area contributed by atoms with Crippen LogP contribution in [0.15, 0.2) is 41.6 Å². The smallest absolute Gasteiger partial charge is 0.406 e. The molecule has 198 valence electrons. The van der Waals surface area contributed by atoms with Crippen molar-refractivity contribution in [2.75, 3.05) is 0 Å². The van der Waals surface area contributed by atoms with Gasteiger partial charge in [-0.05, 0) is 53.0 Å². The Morgan fingerprint density at radius 3 is 1.76 bits per heavy atom. The van der Waals surface area contributed by atoms with Crippen LogP contribution in [-0.4, -0.2) is 43.8 Å². The van der Waals surface area contributed by atoms with E-state index >= 15 is 0 Å². The highest BCUT2D eigenvalue weighted by atomic mass is 32.1. The zero-order valence-corrected chi connectivity index (χ0v) is 20.9. The Hall–Kier alpha value is -5.07. The summed E-state index contributed by atoms with van der Waals surface area (Å²) in [6.07, 6.45) is 5.33. The molecule has 0 atom stereocenters. The molecule has 18 nitrogen and oxygen atoms in total. The number of hydrogen-bond acceptors (Lipinski definition) is 13. The van der Waals surface area contributed by atoms with Crippen LogP contribution in [-0.2, 0) is 14.1 Å². The van der Waals surface area contributed by atoms with E-state index in [0.29, 0.717) is 11.5 Å². The van der Waals surface area contributed by atoms with Crippen molar-refractivity contribution in [3.05, 3.63) is 94.1 Å². The van der Waals surface area contributed by atoms with Gasteiger partial charge in [-0.3, -0.25) is 20.2 Å². The van der Waals surface area contributed by atoms with Gasteiger partial charge in [0.1, 0.15) is 28.8 Å². The molecule has 0 unspecified atom stereocenters. The van der Waals surface area contributed by atoms with E-state index in [9.17, 15) is 40.5 Å². The van der Waals surface area contributed by atoms with E-state index in [4.69, 9.17) is 0 Å². The van der Waals surface area contributed by atoms with Crippen LogP contribution in [0.5, 0.6) is 0 Å². The van der Waals surface area contributed by atoms with Crippen LogP contribution in [0.25, 0.3) is 0 Å². The summed E-state index contributed by atoms with van der Waals surface area (Å²) >= 11 is 1.11. The van der Waals surface area contributed by atoms with Crippen LogP contribution in [0, 0.1) is 61.2 Å². The normalized spacial score (nSPS) is 9.54. The fourth-order valence-electron chi connectivity index (χ4n) is 2.23. The van der Waals surface area contributed by atoms with E-state index in [2.05, 4.69) is 19.4 Å². The lowest BCUT2D eigenvalue weighted by Crippen LogP contribution is -1.94. The number of thiazole rings is 1. The lowest BCUT2D eigenvalue weighted by molar-refractivity contribution is -0.402. The van der Waals surface area contributed by atoms with Crippen molar-refractivity contribution in [3.63, 3.8) is 0 Å². The molecule has 4 aromatic rings. The molecule has 0 amide bonds. The highest BCUT2D eigenvalue weighted by Crippen LogP contribution is 2.24. The van der Waals surface area contributed by atoms with E-state index in [-0.39, 0.29) is 22.5 Å². The number of nitro groups is 4. The zero-order valence-electron chi connectivity index (χ0n) is 20.1. The quantitative estimate of drug-likeness (QED) is 0.266. The first-order valence-corrected chi connectivity index (χ1v) is 10.6. The van der Waals surface area contributed by atoms with Crippen molar-refractivity contribution in [1.82, 2.24) is 24.1 Å². The number of aromatic nitrogens is 5. The minimum Gasteiger partial charge on any atom is -0.406 e. The summed E-state index contributed by atoms with van der Waals surface area (Å²) in [5.74, 6) is 0.252. The molecular formula is C18H21N9O9S. The molecule has 19 heteroatoms. The first kappa shape index (κ1) is 30.0. The third-order valence-corrected chi connectivity index (χ3v) is 4.83. The number of hydrogen-bond donors (Lipinski definition) is 0. The molecule has 0 N–H and O–H groups in total. The Balaban J connectivity index is 0.000000247. The number of furan rings is 1. The predicted molar refractivity (Wildman–Crippen MR) is 128 cm³/mol. The van der Waals surface area contributed by atoms with Gasteiger partial charge in [0.2, 0.25) is 6.33 Å². The minimum absolute atomic E-state index is 0.00926. The minimum atomic E-state index is -0.562. The Labute approximate surface area is 211 Å². The van der Waals surface area contributed by atoms with Crippen molar-refractivity contribution < 1.29 is 24.1 Å². The largest absolute Gasteiger partial charge is 0.433 e. The summed E-state index contributed by atoms with van der Waals surface area (Å²) in [6.45, 7) is 5.05. The van der Waals surface area contributed by atoms with E-state index < -0.39 is 19.7 Å². The fourth-order valence-corrected chi connectivity index (χ4v) is 2.96. The second-order valence-electron chi connectivity index (χ2n) is 6.80. The zero-order chi connectivity index (χ0) is 28.3. The lowest BCUT2D eigenvalue weighted by atomic mass is 10.5. The molecule has 0 aromatic carbocycles. The van der Waals surface area contributed by atoms with E-state index in [1.165, 1.54) is 40.2 Å². The standard InChI is InChI=1S/C5H6N2O2S.C5H5NO3.2C4H5N3O2/c1-3-5(7(8)9)10-4(2)6-3;1-4-2-3-5(9-4)6(7)8;1-6-2-4(5-3-6)7(8)9;1-6-3-5-2-4(6)7(8)9/h1-2H3;3*2-3H,1H3. The molecule has 4 heterocycles. The summed E-state index contributed by atoms with van der Waals surface area (Å²) in [5, 5.41) is 41.0. The monoisotopic (exact) mass is 539 g/mol. The molecule has 4 aromatic heterocycles. The van der Waals surface area contributed by atoms with Crippen LogP contribution in [0.1, 0.15) is 16.5 Å². The summed E-state index contributed by atoms with van der Waals surface area (Å²) in [6, 6.07) is 2.88. The van der Waals surface area contributed by atoms with Gasteiger partial charge in [-0.1, -0.05) is 0 Å². The third kappa shape index (κ3) is 9.98. The highest BCUT2D eigenvalue weighted by Gasteiger charge is 2.14. The average molecular weight is 539 g/mol. The van der Waals surface area contributed by atoms with Gasteiger partial charge in [-0.25, -0.2) is 14.5 Å². The summed E-state index contributed by atoms with van der Waals surface area (Å²) in [7, 11) is 3.26. The predicted octanol–water partition coefficient (Wildman–Crippen LogP) is 3.82. The van der Waals surface area contributed by atoms with Gasteiger partial charge in [0.05, 0.1) is 23.0 Å². The second kappa shape index (κ2) is 13.7. The van der Waals surface area contributed by atoms with Crippen molar-refractivity contribution >= 4 is 33.9 Å². The molecule has 0 spiro atoms. The van der Waals surface area contributed by atoms with Crippen LogP contribution in [0.3, 0.4) is 0 Å². The second-order valence-corrected chi connectivity index (χ2v) is 7.98. The van der Waals surface area contributed by atoms with Crippen LogP contribution >= 0.6 is 11.3 Å². The van der Waals surface area contributed by atoms with Crippen molar-refractivity contribution in [1.29, 1.82) is 0 Å². The Morgan fingerprint density at radius 1 is 0.892 bits per heavy atom. The first-order chi connectivity index (χ1) is 17.2. The van der Waals surface area contributed by atoms with Gasteiger partial charge in [0, 0.05) is 7.05 Å². The average Bonchev–Trinajstić information content (AvgIpc) is 3.58. The molecule has 0 fully saturated rings. The van der Waals surface area contributed by atoms with Gasteiger partial charge < -0.3 is 29.2 Å². The number of imidazole rings is 2. The fraction of sp³-hybridized carbons (Fsp3) is 0.278. The van der Waals surface area contributed by atoms with Gasteiger partial charge in [0.15, 0.2) is 6.33 Å². The molecule has 0 radical (unpaired) electrons. The lowest BCUT2D eigenvalue weighted by Gasteiger charge is -1.89. The first-order valence-electron chi connectivity index (χ1n) is 9.75. The third-order valence-electron chi connectivity index (χ3n) is 3.81. The maximum Gasteiger partial charge on any atom is 0.433 e. The van der Waals surface area contributed by atoms with E-state index in [1.54, 1.807) is 40.9 Å². The molecular weight excluding hydrogens is 518 g/mol. The van der Waals surface area contributed by atoms with E-state index in [0.717, 1.165) is 16.3 Å². The maximum atomic E-state index is 10.2. The Kier molecular flexibility index (Phi) is 11.1. The van der Waals surface area contributed by atoms with Crippen LogP contribution in [0.4, 0.5) is 22.5 Å². The van der Waals surface area contributed by atoms with Gasteiger partial charge in [0.25, 0.3) is 0 Å². The van der Waals surface area contributed by atoms with E-state index in [1.807, 2.05) is 0 Å². The molecule has 0 saturated heterocycles. The molecule has 4 rings (SSSR count). The van der Waals surface area contributed by atoms with Crippen molar-refractivity contribution in [3.8, 4) is 0 Å².